The highest BCUT2D eigenvalue weighted by atomic mass is 79.9. The number of hydrogen-bond acceptors (Lipinski definition) is 2. The molecule has 2 heterocycles. The van der Waals surface area contributed by atoms with Crippen molar-refractivity contribution in [3.63, 3.8) is 0 Å². The molecule has 1 fully saturated rings. The minimum atomic E-state index is 0.514. The molecule has 0 saturated carbocycles. The zero-order valence-corrected chi connectivity index (χ0v) is 11.7. The van der Waals surface area contributed by atoms with E-state index >= 15 is 0 Å². The van der Waals surface area contributed by atoms with E-state index in [-0.39, 0.29) is 0 Å². The Balaban J connectivity index is 2.04. The van der Waals surface area contributed by atoms with Crippen LogP contribution >= 0.6 is 27.5 Å². The van der Waals surface area contributed by atoms with E-state index in [2.05, 4.69) is 38.8 Å². The molecule has 1 aromatic heterocycles. The molecule has 88 valence electrons. The molecular weight excluding hydrogens is 288 g/mol. The second-order valence-electron chi connectivity index (χ2n) is 4.47. The summed E-state index contributed by atoms with van der Waals surface area (Å²) in [5, 5.41) is 0. The molecule has 4 heteroatoms. The van der Waals surface area contributed by atoms with Gasteiger partial charge in [-0.25, -0.2) is 0 Å². The van der Waals surface area contributed by atoms with Gasteiger partial charge in [0.05, 0.1) is 0 Å². The molecule has 0 aliphatic carbocycles. The maximum atomic E-state index is 6.03. The zero-order valence-electron chi connectivity index (χ0n) is 9.37. The van der Waals surface area contributed by atoms with Crippen LogP contribution in [-0.4, -0.2) is 28.4 Å². The minimum Gasteiger partial charge on any atom is -0.295 e. The van der Waals surface area contributed by atoms with E-state index in [1.54, 1.807) is 0 Å². The van der Waals surface area contributed by atoms with Gasteiger partial charge in [0.2, 0.25) is 0 Å². The number of aromatic nitrogens is 1. The SMILES string of the molecule is CC1CCN(Cc2cncc(Br)c2)C1CCl. The molecule has 2 nitrogen and oxygen atoms in total. The van der Waals surface area contributed by atoms with Crippen molar-refractivity contribution in [1.29, 1.82) is 0 Å². The molecule has 1 aromatic rings. The summed E-state index contributed by atoms with van der Waals surface area (Å²) in [4.78, 5) is 6.65. The molecule has 1 aliphatic heterocycles. The predicted octanol–water partition coefficient (Wildman–Crippen LogP) is 3.29. The Morgan fingerprint density at radius 1 is 1.56 bits per heavy atom. The summed E-state index contributed by atoms with van der Waals surface area (Å²) in [6.45, 7) is 4.38. The summed E-state index contributed by atoms with van der Waals surface area (Å²) in [5.74, 6) is 1.43. The van der Waals surface area contributed by atoms with Crippen molar-refractivity contribution in [1.82, 2.24) is 9.88 Å². The molecule has 2 rings (SSSR count). The van der Waals surface area contributed by atoms with Crippen molar-refractivity contribution < 1.29 is 0 Å². The van der Waals surface area contributed by atoms with Crippen LogP contribution in [0.5, 0.6) is 0 Å². The van der Waals surface area contributed by atoms with E-state index in [0.29, 0.717) is 12.0 Å². The molecule has 2 unspecified atom stereocenters. The summed E-state index contributed by atoms with van der Waals surface area (Å²) in [6, 6.07) is 2.64. The van der Waals surface area contributed by atoms with Crippen LogP contribution in [0.3, 0.4) is 0 Å². The van der Waals surface area contributed by atoms with Gasteiger partial charge in [-0.3, -0.25) is 9.88 Å². The van der Waals surface area contributed by atoms with E-state index in [4.69, 9.17) is 11.6 Å². The van der Waals surface area contributed by atoms with Crippen molar-refractivity contribution >= 4 is 27.5 Å². The van der Waals surface area contributed by atoms with Crippen LogP contribution in [0.25, 0.3) is 0 Å². The van der Waals surface area contributed by atoms with Gasteiger partial charge in [0, 0.05) is 35.3 Å². The molecule has 16 heavy (non-hydrogen) atoms. The van der Waals surface area contributed by atoms with Gasteiger partial charge in [-0.05, 0) is 46.4 Å². The summed E-state index contributed by atoms with van der Waals surface area (Å²) < 4.78 is 1.04. The maximum absolute atomic E-state index is 6.03. The number of rotatable bonds is 3. The van der Waals surface area contributed by atoms with Crippen molar-refractivity contribution in [2.45, 2.75) is 25.9 Å². The van der Waals surface area contributed by atoms with Crippen LogP contribution in [0.4, 0.5) is 0 Å². The lowest BCUT2D eigenvalue weighted by Crippen LogP contribution is -2.33. The normalized spacial score (nSPS) is 26.2. The monoisotopic (exact) mass is 302 g/mol. The van der Waals surface area contributed by atoms with Crippen LogP contribution < -0.4 is 0 Å². The highest BCUT2D eigenvalue weighted by molar-refractivity contribution is 9.10. The van der Waals surface area contributed by atoms with E-state index in [1.165, 1.54) is 12.0 Å². The maximum Gasteiger partial charge on any atom is 0.0410 e. The first-order chi connectivity index (χ1) is 7.70. The first-order valence-corrected chi connectivity index (χ1v) is 6.93. The molecule has 0 spiro atoms. The van der Waals surface area contributed by atoms with Crippen molar-refractivity contribution in [3.05, 3.63) is 28.5 Å². The van der Waals surface area contributed by atoms with Crippen molar-refractivity contribution in [2.24, 2.45) is 5.92 Å². The van der Waals surface area contributed by atoms with Gasteiger partial charge in [-0.15, -0.1) is 11.6 Å². The van der Waals surface area contributed by atoms with E-state index < -0.39 is 0 Å². The number of nitrogens with zero attached hydrogens (tertiary/aromatic N) is 2. The van der Waals surface area contributed by atoms with Gasteiger partial charge >= 0.3 is 0 Å². The van der Waals surface area contributed by atoms with Gasteiger partial charge < -0.3 is 0 Å². The van der Waals surface area contributed by atoms with E-state index in [0.717, 1.165) is 23.4 Å². The Hall–Kier alpha value is -0.120. The fourth-order valence-electron chi connectivity index (χ4n) is 2.31. The first kappa shape index (κ1) is 12.3. The summed E-state index contributed by atoms with van der Waals surface area (Å²) in [5.41, 5.74) is 1.25. The molecule has 0 bridgehead atoms. The largest absolute Gasteiger partial charge is 0.295 e. The first-order valence-electron chi connectivity index (χ1n) is 5.60. The van der Waals surface area contributed by atoms with Gasteiger partial charge in [-0.2, -0.15) is 0 Å². The van der Waals surface area contributed by atoms with E-state index in [9.17, 15) is 0 Å². The molecule has 0 radical (unpaired) electrons. The van der Waals surface area contributed by atoms with Gasteiger partial charge in [0.15, 0.2) is 0 Å². The summed E-state index contributed by atoms with van der Waals surface area (Å²) >= 11 is 9.48. The molecule has 1 saturated heterocycles. The Morgan fingerprint density at radius 3 is 3.06 bits per heavy atom. The van der Waals surface area contributed by atoms with Gasteiger partial charge in [-0.1, -0.05) is 6.92 Å². The number of likely N-dealkylation sites (tertiary alicyclic amines) is 1. The third-order valence-electron chi connectivity index (χ3n) is 3.30. The van der Waals surface area contributed by atoms with Crippen molar-refractivity contribution in [3.8, 4) is 0 Å². The van der Waals surface area contributed by atoms with Crippen LogP contribution in [0.2, 0.25) is 0 Å². The zero-order chi connectivity index (χ0) is 11.5. The molecular formula is C12H16BrClN2. The fourth-order valence-corrected chi connectivity index (χ4v) is 3.22. The molecule has 0 N–H and O–H groups in total. The lowest BCUT2D eigenvalue weighted by atomic mass is 10.0. The molecule has 2 atom stereocenters. The highest BCUT2D eigenvalue weighted by Crippen LogP contribution is 2.26. The lowest BCUT2D eigenvalue weighted by molar-refractivity contribution is 0.242. The highest BCUT2D eigenvalue weighted by Gasteiger charge is 2.30. The Kier molecular flexibility index (Phi) is 4.22. The van der Waals surface area contributed by atoms with Crippen LogP contribution in [-0.2, 0) is 6.54 Å². The Bertz CT molecular complexity index is 359. The van der Waals surface area contributed by atoms with Crippen LogP contribution in [0.15, 0.2) is 22.9 Å². The lowest BCUT2D eigenvalue weighted by Gasteiger charge is -2.24. The minimum absolute atomic E-state index is 0.514. The smallest absolute Gasteiger partial charge is 0.0410 e. The Labute approximate surface area is 110 Å². The quantitative estimate of drug-likeness (QED) is 0.797. The van der Waals surface area contributed by atoms with Crippen LogP contribution in [0.1, 0.15) is 18.9 Å². The average Bonchev–Trinajstić information content (AvgIpc) is 2.59. The van der Waals surface area contributed by atoms with Crippen molar-refractivity contribution in [2.75, 3.05) is 12.4 Å². The third-order valence-corrected chi connectivity index (χ3v) is 4.05. The number of hydrogen-bond donors (Lipinski definition) is 0. The van der Waals surface area contributed by atoms with Gasteiger partial charge in [0.25, 0.3) is 0 Å². The van der Waals surface area contributed by atoms with E-state index in [1.807, 2.05) is 12.4 Å². The summed E-state index contributed by atoms with van der Waals surface area (Å²) in [7, 11) is 0. The predicted molar refractivity (Wildman–Crippen MR) is 70.6 cm³/mol. The second-order valence-corrected chi connectivity index (χ2v) is 5.69. The number of alkyl halides is 1. The molecule has 0 amide bonds. The Morgan fingerprint density at radius 2 is 2.38 bits per heavy atom. The second kappa shape index (κ2) is 5.48. The fraction of sp³-hybridized carbons (Fsp3) is 0.583. The van der Waals surface area contributed by atoms with Gasteiger partial charge in [0.1, 0.15) is 0 Å². The van der Waals surface area contributed by atoms with Crippen LogP contribution in [0, 0.1) is 5.92 Å². The summed E-state index contributed by atoms with van der Waals surface area (Å²) in [6.07, 6.45) is 4.99. The molecule has 1 aliphatic rings. The molecule has 0 aromatic carbocycles. The standard InChI is InChI=1S/C12H16BrClN2/c1-9-2-3-16(12(9)5-14)8-10-4-11(13)7-15-6-10/h4,6-7,9,12H,2-3,5,8H2,1H3. The number of pyridine rings is 1. The average molecular weight is 304 g/mol. The topological polar surface area (TPSA) is 16.1 Å². The third kappa shape index (κ3) is 2.76. The number of halogens is 2.